The van der Waals surface area contributed by atoms with Crippen LogP contribution in [0.4, 0.5) is 0 Å². The molecule has 1 unspecified atom stereocenters. The molecule has 2 heteroatoms. The second-order valence-electron chi connectivity index (χ2n) is 7.22. The molecule has 0 radical (unpaired) electrons. The average molecular weight is 419 g/mol. The van der Waals surface area contributed by atoms with E-state index in [0.717, 1.165) is 12.5 Å². The summed E-state index contributed by atoms with van der Waals surface area (Å²) < 4.78 is 11.3. The van der Waals surface area contributed by atoms with Crippen molar-refractivity contribution >= 4 is 18.8 Å². The summed E-state index contributed by atoms with van der Waals surface area (Å²) in [4.78, 5) is 0. The van der Waals surface area contributed by atoms with Gasteiger partial charge in [-0.15, -0.1) is 0 Å². The molecule has 0 aromatic heterocycles. The van der Waals surface area contributed by atoms with E-state index in [1.165, 1.54) is 77.5 Å². The van der Waals surface area contributed by atoms with Crippen LogP contribution in [0.2, 0.25) is 13.3 Å². The van der Waals surface area contributed by atoms with E-state index >= 15 is 0 Å². The van der Waals surface area contributed by atoms with Crippen LogP contribution in [0.25, 0.3) is 0 Å². The molecule has 1 nitrogen and oxygen atoms in total. The molecule has 0 aliphatic rings. The molecule has 0 spiro atoms. The summed E-state index contributed by atoms with van der Waals surface area (Å²) in [5.74, 6) is 0.820. The zero-order valence-corrected chi connectivity index (χ0v) is 19.2. The Bertz CT molecular complexity index is 208. The Morgan fingerprint density at radius 2 is 1.14 bits per heavy atom. The number of unbranched alkanes of at least 4 members (excludes halogenated alkanes) is 4. The van der Waals surface area contributed by atoms with E-state index in [1.807, 2.05) is 0 Å². The van der Waals surface area contributed by atoms with E-state index in [1.54, 1.807) is 0 Å². The van der Waals surface area contributed by atoms with E-state index in [9.17, 15) is 0 Å². The van der Waals surface area contributed by atoms with Gasteiger partial charge < -0.3 is 0 Å². The van der Waals surface area contributed by atoms with Crippen LogP contribution in [-0.4, -0.2) is 25.4 Å². The van der Waals surface area contributed by atoms with Crippen molar-refractivity contribution < 1.29 is 3.07 Å². The second-order valence-corrected chi connectivity index (χ2v) is 19.1. The molecule has 0 aromatic carbocycles. The molecule has 0 aliphatic carbocycles. The van der Waals surface area contributed by atoms with Gasteiger partial charge >= 0.3 is 147 Å². The predicted molar refractivity (Wildman–Crippen MR) is 104 cm³/mol. The van der Waals surface area contributed by atoms with Crippen molar-refractivity contribution in [1.29, 1.82) is 0 Å². The third-order valence-corrected chi connectivity index (χ3v) is 18.2. The monoisotopic (exact) mass is 420 g/mol. The van der Waals surface area contributed by atoms with Crippen LogP contribution in [0.15, 0.2) is 0 Å². The predicted octanol–water partition coefficient (Wildman–Crippen LogP) is 7.57. The molecule has 0 aromatic rings. The molecule has 0 saturated carbocycles. The quantitative estimate of drug-likeness (QED) is 0.235. The molecule has 0 bridgehead atoms. The minimum atomic E-state index is -2.33. The summed E-state index contributed by atoms with van der Waals surface area (Å²) >= 11 is -2.33. The maximum absolute atomic E-state index is 6.90. The van der Waals surface area contributed by atoms with E-state index in [4.69, 9.17) is 3.07 Å². The molecule has 134 valence electrons. The Balaban J connectivity index is 4.67. The first-order chi connectivity index (χ1) is 10.7. The molecule has 0 N–H and O–H groups in total. The first-order valence-corrected chi connectivity index (χ1v) is 17.5. The molecule has 0 heterocycles. The number of rotatable bonds is 16. The average Bonchev–Trinajstić information content (AvgIpc) is 2.55. The zero-order valence-electron chi connectivity index (χ0n) is 16.4. The fourth-order valence-corrected chi connectivity index (χ4v) is 16.9. The summed E-state index contributed by atoms with van der Waals surface area (Å²) in [5, 5.41) is 0. The van der Waals surface area contributed by atoms with E-state index in [-0.39, 0.29) is 0 Å². The van der Waals surface area contributed by atoms with Crippen molar-refractivity contribution in [2.75, 3.05) is 6.61 Å². The third-order valence-electron chi connectivity index (χ3n) is 5.13. The summed E-state index contributed by atoms with van der Waals surface area (Å²) in [6.45, 7) is 12.8. The van der Waals surface area contributed by atoms with Crippen LogP contribution in [0.1, 0.15) is 98.8 Å². The maximum atomic E-state index is 6.90. The van der Waals surface area contributed by atoms with Gasteiger partial charge in [0.1, 0.15) is 0 Å². The summed E-state index contributed by atoms with van der Waals surface area (Å²) in [6, 6.07) is 0. The fourth-order valence-electron chi connectivity index (χ4n) is 3.28. The molecule has 0 fully saturated rings. The molecular weight excluding hydrogens is 375 g/mol. The van der Waals surface area contributed by atoms with Gasteiger partial charge in [0.2, 0.25) is 0 Å². The molecule has 0 rings (SSSR count). The van der Waals surface area contributed by atoms with Gasteiger partial charge in [-0.2, -0.15) is 0 Å². The van der Waals surface area contributed by atoms with Crippen molar-refractivity contribution in [1.82, 2.24) is 0 Å². The third kappa shape index (κ3) is 10.5. The van der Waals surface area contributed by atoms with Crippen LogP contribution in [0, 0.1) is 5.92 Å². The summed E-state index contributed by atoms with van der Waals surface area (Å²) in [5.41, 5.74) is 0. The molecule has 0 aliphatic heterocycles. The van der Waals surface area contributed by atoms with Gasteiger partial charge in [0, 0.05) is 0 Å². The van der Waals surface area contributed by atoms with Gasteiger partial charge in [-0.1, -0.05) is 0 Å². The minimum absolute atomic E-state index is 0.820. The Morgan fingerprint density at radius 1 is 0.682 bits per heavy atom. The Labute approximate surface area is 146 Å². The second kappa shape index (κ2) is 15.3. The van der Waals surface area contributed by atoms with Gasteiger partial charge in [0.15, 0.2) is 0 Å². The van der Waals surface area contributed by atoms with E-state index in [2.05, 4.69) is 34.6 Å². The standard InChI is InChI=1S/C8H17O.3C4H9.Sn/c1-3-5-6-8(4-2)7-9;3*1-3-4-2;/h8H,3-7H2,1-2H3;3*1,3-4H2,2H3;/q-1;;;;+1. The van der Waals surface area contributed by atoms with Gasteiger partial charge in [0.05, 0.1) is 0 Å². The molecular formula is C20H44OSn. The SMILES string of the molecule is CCCCC(CC)C[O][Sn]([CH2]CCC)([CH2]CCC)[CH2]CCC. The number of hydrogen-bond acceptors (Lipinski definition) is 1. The van der Waals surface area contributed by atoms with Crippen LogP contribution in [0.5, 0.6) is 0 Å². The van der Waals surface area contributed by atoms with Crippen molar-refractivity contribution in [3.8, 4) is 0 Å². The Morgan fingerprint density at radius 3 is 1.50 bits per heavy atom. The molecule has 1 atom stereocenters. The molecule has 0 saturated heterocycles. The van der Waals surface area contributed by atoms with Gasteiger partial charge in [-0.05, 0) is 0 Å². The molecule has 22 heavy (non-hydrogen) atoms. The number of hydrogen-bond donors (Lipinski definition) is 0. The fraction of sp³-hybridized carbons (Fsp3) is 1.00. The van der Waals surface area contributed by atoms with Gasteiger partial charge in [-0.3, -0.25) is 0 Å². The van der Waals surface area contributed by atoms with E-state index < -0.39 is 18.8 Å². The first kappa shape index (κ1) is 22.8. The first-order valence-electron chi connectivity index (χ1n) is 10.3. The normalized spacial score (nSPS) is 13.5. The summed E-state index contributed by atoms with van der Waals surface area (Å²) in [6.07, 6.45) is 13.6. The molecule has 0 amide bonds. The van der Waals surface area contributed by atoms with Crippen LogP contribution in [-0.2, 0) is 3.07 Å². The van der Waals surface area contributed by atoms with Crippen molar-refractivity contribution in [3.63, 3.8) is 0 Å². The van der Waals surface area contributed by atoms with E-state index in [0.29, 0.717) is 0 Å². The topological polar surface area (TPSA) is 9.23 Å². The van der Waals surface area contributed by atoms with Gasteiger partial charge in [0.25, 0.3) is 0 Å². The van der Waals surface area contributed by atoms with Crippen LogP contribution >= 0.6 is 0 Å². The van der Waals surface area contributed by atoms with Crippen molar-refractivity contribution in [2.24, 2.45) is 5.92 Å². The Kier molecular flexibility index (Phi) is 15.8. The van der Waals surface area contributed by atoms with Crippen molar-refractivity contribution in [2.45, 2.75) is 112 Å². The zero-order chi connectivity index (χ0) is 16.7. The van der Waals surface area contributed by atoms with Gasteiger partial charge in [-0.25, -0.2) is 0 Å². The summed E-state index contributed by atoms with van der Waals surface area (Å²) in [7, 11) is 0. The van der Waals surface area contributed by atoms with Crippen LogP contribution < -0.4 is 0 Å². The Hall–Kier alpha value is 0.759. The van der Waals surface area contributed by atoms with Crippen molar-refractivity contribution in [3.05, 3.63) is 0 Å². The van der Waals surface area contributed by atoms with Crippen LogP contribution in [0.3, 0.4) is 0 Å².